The molecule has 1 aliphatic heterocycles. The van der Waals surface area contributed by atoms with Crippen LogP contribution < -0.4 is 4.90 Å². The molecule has 1 aliphatic rings. The molecule has 1 saturated heterocycles. The number of Topliss-reactive ketones (excluding diaryl/α,β-unsaturated/α-hetero) is 1. The molecular weight excluding hydrogens is 240 g/mol. The molecular formula is C12H11ClN2O2. The number of carbonyl (C=O) groups excluding carboxylic acids is 1. The summed E-state index contributed by atoms with van der Waals surface area (Å²) in [6.45, 7) is 1.36. The molecule has 0 saturated carbocycles. The molecule has 0 radical (unpaired) electrons. The first-order valence-corrected chi connectivity index (χ1v) is 5.93. The van der Waals surface area contributed by atoms with E-state index < -0.39 is 0 Å². The van der Waals surface area contributed by atoms with Crippen LogP contribution in [0.15, 0.2) is 22.6 Å². The first kappa shape index (κ1) is 10.6. The summed E-state index contributed by atoms with van der Waals surface area (Å²) in [6.07, 6.45) is 1.14. The van der Waals surface area contributed by atoms with Crippen LogP contribution >= 0.6 is 11.6 Å². The number of piperidine rings is 1. The number of ketones is 1. The third kappa shape index (κ3) is 2.00. The molecule has 1 aromatic heterocycles. The Morgan fingerprint density at radius 2 is 2.06 bits per heavy atom. The van der Waals surface area contributed by atoms with Crippen molar-refractivity contribution in [1.82, 2.24) is 4.98 Å². The Bertz CT molecular complexity index is 569. The van der Waals surface area contributed by atoms with Crippen molar-refractivity contribution in [3.05, 3.63) is 23.2 Å². The highest BCUT2D eigenvalue weighted by atomic mass is 35.5. The number of halogens is 1. The zero-order valence-electron chi connectivity index (χ0n) is 9.15. The predicted molar refractivity (Wildman–Crippen MR) is 65.5 cm³/mol. The quantitative estimate of drug-likeness (QED) is 0.781. The second-order valence-electron chi connectivity index (χ2n) is 4.13. The van der Waals surface area contributed by atoms with Crippen LogP contribution in [0, 0.1) is 0 Å². The third-order valence-corrected chi connectivity index (χ3v) is 3.17. The van der Waals surface area contributed by atoms with Crippen molar-refractivity contribution < 1.29 is 9.21 Å². The van der Waals surface area contributed by atoms with Gasteiger partial charge < -0.3 is 9.32 Å². The van der Waals surface area contributed by atoms with Crippen LogP contribution in [0.1, 0.15) is 12.8 Å². The van der Waals surface area contributed by atoms with Crippen LogP contribution in [0.5, 0.6) is 0 Å². The second kappa shape index (κ2) is 4.04. The number of hydrogen-bond donors (Lipinski definition) is 0. The highest BCUT2D eigenvalue weighted by molar-refractivity contribution is 6.31. The number of carbonyl (C=O) groups is 1. The number of aromatic nitrogens is 1. The highest BCUT2D eigenvalue weighted by Crippen LogP contribution is 2.25. The van der Waals surface area contributed by atoms with Crippen LogP contribution in [0.4, 0.5) is 6.01 Å². The summed E-state index contributed by atoms with van der Waals surface area (Å²) in [6, 6.07) is 5.94. The van der Waals surface area contributed by atoms with E-state index in [-0.39, 0.29) is 0 Å². The van der Waals surface area contributed by atoms with Crippen molar-refractivity contribution in [1.29, 1.82) is 0 Å². The standard InChI is InChI=1S/C12H11ClN2O2/c13-8-1-2-11-10(7-8)14-12(17-11)15-5-3-9(16)4-6-15/h1-2,7H,3-6H2. The molecule has 5 heteroatoms. The summed E-state index contributed by atoms with van der Waals surface area (Å²) in [5.41, 5.74) is 1.48. The fraction of sp³-hybridized carbons (Fsp3) is 0.333. The Labute approximate surface area is 103 Å². The minimum Gasteiger partial charge on any atom is -0.423 e. The van der Waals surface area contributed by atoms with E-state index in [0.717, 1.165) is 11.1 Å². The van der Waals surface area contributed by atoms with Gasteiger partial charge in [-0.05, 0) is 18.2 Å². The topological polar surface area (TPSA) is 46.3 Å². The van der Waals surface area contributed by atoms with Gasteiger partial charge in [-0.25, -0.2) is 0 Å². The Morgan fingerprint density at radius 3 is 2.82 bits per heavy atom. The molecule has 0 amide bonds. The third-order valence-electron chi connectivity index (χ3n) is 2.93. The lowest BCUT2D eigenvalue weighted by Crippen LogP contribution is -2.33. The molecule has 0 aliphatic carbocycles. The second-order valence-corrected chi connectivity index (χ2v) is 4.57. The van der Waals surface area contributed by atoms with Crippen LogP contribution in [0.25, 0.3) is 11.1 Å². The summed E-state index contributed by atoms with van der Waals surface area (Å²) in [7, 11) is 0. The van der Waals surface area contributed by atoms with Crippen molar-refractivity contribution in [3.63, 3.8) is 0 Å². The van der Waals surface area contributed by atoms with Gasteiger partial charge in [0.05, 0.1) is 0 Å². The van der Waals surface area contributed by atoms with Crippen molar-refractivity contribution >= 4 is 34.5 Å². The molecule has 4 nitrogen and oxygen atoms in total. The summed E-state index contributed by atoms with van der Waals surface area (Å²) in [5, 5.41) is 0.645. The van der Waals surface area contributed by atoms with Crippen molar-refractivity contribution in [2.75, 3.05) is 18.0 Å². The lowest BCUT2D eigenvalue weighted by molar-refractivity contribution is -0.119. The molecule has 0 bridgehead atoms. The maximum absolute atomic E-state index is 11.2. The summed E-state index contributed by atoms with van der Waals surface area (Å²) >= 11 is 5.89. The first-order chi connectivity index (χ1) is 8.22. The van der Waals surface area contributed by atoms with Gasteiger partial charge in [0, 0.05) is 31.0 Å². The van der Waals surface area contributed by atoms with Crippen LogP contribution in [0.3, 0.4) is 0 Å². The Hall–Kier alpha value is -1.55. The lowest BCUT2D eigenvalue weighted by Gasteiger charge is -2.23. The molecule has 17 heavy (non-hydrogen) atoms. The minimum absolute atomic E-state index is 0.306. The average molecular weight is 251 g/mol. The van der Waals surface area contributed by atoms with E-state index in [4.69, 9.17) is 16.0 Å². The molecule has 1 aromatic carbocycles. The van der Waals surface area contributed by atoms with Gasteiger partial charge in [-0.1, -0.05) is 11.6 Å². The minimum atomic E-state index is 0.306. The predicted octanol–water partition coefficient (Wildman–Crippen LogP) is 2.65. The van der Waals surface area contributed by atoms with Gasteiger partial charge in [0.25, 0.3) is 6.01 Å². The number of nitrogens with zero attached hydrogens (tertiary/aromatic N) is 2. The number of hydrogen-bond acceptors (Lipinski definition) is 4. The number of oxazole rings is 1. The normalized spacial score (nSPS) is 16.8. The van der Waals surface area contributed by atoms with E-state index in [1.165, 1.54) is 0 Å². The summed E-state index contributed by atoms with van der Waals surface area (Å²) in [4.78, 5) is 17.5. The van der Waals surface area contributed by atoms with Gasteiger partial charge in [-0.2, -0.15) is 4.98 Å². The van der Waals surface area contributed by atoms with Crippen molar-refractivity contribution in [3.8, 4) is 0 Å². The fourth-order valence-corrected chi connectivity index (χ4v) is 2.14. The molecule has 0 atom stereocenters. The Morgan fingerprint density at radius 1 is 1.29 bits per heavy atom. The van der Waals surface area contributed by atoms with E-state index in [9.17, 15) is 4.79 Å². The van der Waals surface area contributed by atoms with Gasteiger partial charge >= 0.3 is 0 Å². The van der Waals surface area contributed by atoms with Crippen LogP contribution in [0.2, 0.25) is 5.02 Å². The molecule has 0 N–H and O–H groups in total. The number of fused-ring (bicyclic) bond motifs is 1. The molecule has 1 fully saturated rings. The SMILES string of the molecule is O=C1CCN(c2nc3cc(Cl)ccc3o2)CC1. The van der Waals surface area contributed by atoms with Crippen LogP contribution in [-0.4, -0.2) is 23.9 Å². The van der Waals surface area contributed by atoms with Crippen LogP contribution in [-0.2, 0) is 4.79 Å². The van der Waals surface area contributed by atoms with E-state index in [1.54, 1.807) is 12.1 Å². The maximum atomic E-state index is 11.2. The largest absolute Gasteiger partial charge is 0.423 e. The average Bonchev–Trinajstić information content (AvgIpc) is 2.72. The maximum Gasteiger partial charge on any atom is 0.298 e. The molecule has 2 heterocycles. The fourth-order valence-electron chi connectivity index (χ4n) is 1.97. The van der Waals surface area contributed by atoms with E-state index in [1.807, 2.05) is 11.0 Å². The summed E-state index contributed by atoms with van der Waals surface area (Å²) < 4.78 is 5.64. The molecule has 2 aromatic rings. The van der Waals surface area contributed by atoms with E-state index in [2.05, 4.69) is 4.98 Å². The monoisotopic (exact) mass is 250 g/mol. The van der Waals surface area contributed by atoms with Crippen molar-refractivity contribution in [2.24, 2.45) is 0 Å². The van der Waals surface area contributed by atoms with E-state index >= 15 is 0 Å². The Kier molecular flexibility index (Phi) is 2.52. The van der Waals surface area contributed by atoms with Gasteiger partial charge in [0.1, 0.15) is 11.3 Å². The Balaban J connectivity index is 1.92. The zero-order valence-corrected chi connectivity index (χ0v) is 9.91. The van der Waals surface area contributed by atoms with Gasteiger partial charge in [0.15, 0.2) is 5.58 Å². The smallest absolute Gasteiger partial charge is 0.298 e. The van der Waals surface area contributed by atoms with E-state index in [0.29, 0.717) is 42.8 Å². The molecule has 3 rings (SSSR count). The first-order valence-electron chi connectivity index (χ1n) is 5.55. The van der Waals surface area contributed by atoms with Gasteiger partial charge in [-0.3, -0.25) is 4.79 Å². The van der Waals surface area contributed by atoms with Gasteiger partial charge in [-0.15, -0.1) is 0 Å². The summed E-state index contributed by atoms with van der Waals surface area (Å²) in [5.74, 6) is 0.306. The number of anilines is 1. The highest BCUT2D eigenvalue weighted by Gasteiger charge is 2.20. The molecule has 0 unspecified atom stereocenters. The zero-order chi connectivity index (χ0) is 11.8. The van der Waals surface area contributed by atoms with Crippen molar-refractivity contribution in [2.45, 2.75) is 12.8 Å². The number of benzene rings is 1. The van der Waals surface area contributed by atoms with Gasteiger partial charge in [0.2, 0.25) is 0 Å². The molecule has 88 valence electrons. The number of rotatable bonds is 1. The molecule has 0 spiro atoms. The lowest BCUT2D eigenvalue weighted by atomic mass is 10.1.